The normalized spacial score (nSPS) is 19.7. The Kier molecular flexibility index (Phi) is 9.45. The summed E-state index contributed by atoms with van der Waals surface area (Å²) in [5.74, 6) is 0. The molecule has 2 saturated heterocycles. The topological polar surface area (TPSA) is 103 Å². The summed E-state index contributed by atoms with van der Waals surface area (Å²) in [6, 6.07) is 8.34. The molecule has 0 aliphatic carbocycles. The molecule has 2 aromatic rings. The second-order valence-corrected chi connectivity index (χ2v) is 16.5. The van der Waals surface area contributed by atoms with Crippen LogP contribution in [0.3, 0.4) is 0 Å². The molecule has 9 nitrogen and oxygen atoms in total. The summed E-state index contributed by atoms with van der Waals surface area (Å²) < 4.78 is 17.4. The van der Waals surface area contributed by atoms with Crippen LogP contribution in [-0.2, 0) is 14.2 Å². The van der Waals surface area contributed by atoms with E-state index in [1.54, 1.807) is 17.3 Å². The molecule has 2 atom stereocenters. The van der Waals surface area contributed by atoms with Crippen LogP contribution in [0.15, 0.2) is 45.6 Å². The third kappa shape index (κ3) is 8.03. The van der Waals surface area contributed by atoms with Crippen LogP contribution in [0.1, 0.15) is 23.5 Å². The maximum atomic E-state index is 11.8. The number of amides is 2. The summed E-state index contributed by atoms with van der Waals surface area (Å²) in [5, 5.41) is 2.65. The van der Waals surface area contributed by atoms with Crippen molar-refractivity contribution < 1.29 is 23.8 Å². The Morgan fingerprint density at radius 2 is 1.68 bits per heavy atom. The summed E-state index contributed by atoms with van der Waals surface area (Å²) in [4.78, 5) is 32.6. The first-order chi connectivity index (χ1) is 16.1. The maximum Gasteiger partial charge on any atom is 0.412 e. The summed E-state index contributed by atoms with van der Waals surface area (Å²) in [6.45, 7) is 8.52. The second-order valence-electron chi connectivity index (χ2n) is 9.01. The molecule has 4 heterocycles. The van der Waals surface area contributed by atoms with Gasteiger partial charge < -0.3 is 19.5 Å². The first-order valence-electron chi connectivity index (χ1n) is 10.8. The number of cyclic esters (lactones) is 2. The number of pyridine rings is 2. The first-order valence-corrected chi connectivity index (χ1v) is 16.1. The number of hydrogen-bond donors (Lipinski definition) is 1. The maximum absolute atomic E-state index is 11.8. The molecule has 2 amide bonds. The Morgan fingerprint density at radius 1 is 1.03 bits per heavy atom. The van der Waals surface area contributed by atoms with Crippen LogP contribution in [0, 0.1) is 0 Å². The van der Waals surface area contributed by atoms with E-state index in [2.05, 4.69) is 66.8 Å². The minimum atomic E-state index is -1.12. The van der Waals surface area contributed by atoms with Gasteiger partial charge in [0.15, 0.2) is 0 Å². The van der Waals surface area contributed by atoms with E-state index in [1.165, 1.54) is 0 Å². The van der Waals surface area contributed by atoms with Gasteiger partial charge >= 0.3 is 12.2 Å². The van der Waals surface area contributed by atoms with E-state index in [1.807, 2.05) is 24.3 Å². The van der Waals surface area contributed by atoms with E-state index < -0.39 is 8.07 Å². The molecule has 12 heteroatoms. The quantitative estimate of drug-likeness (QED) is 0.334. The number of alkyl carbamates (subject to hydrolysis) is 1. The van der Waals surface area contributed by atoms with Crippen LogP contribution in [-0.4, -0.2) is 61.7 Å². The van der Waals surface area contributed by atoms with Crippen molar-refractivity contribution in [2.24, 2.45) is 0 Å². The molecule has 0 radical (unpaired) electrons. The number of carbonyl (C=O) groups is 2. The van der Waals surface area contributed by atoms with Crippen LogP contribution in [0.4, 0.5) is 9.59 Å². The largest absolute Gasteiger partial charge is 0.447 e. The van der Waals surface area contributed by atoms with Crippen LogP contribution in [0.2, 0.25) is 25.7 Å². The minimum Gasteiger partial charge on any atom is -0.447 e. The van der Waals surface area contributed by atoms with E-state index in [-0.39, 0.29) is 31.0 Å². The van der Waals surface area contributed by atoms with Crippen molar-refractivity contribution >= 4 is 52.1 Å². The molecule has 0 saturated carbocycles. The molecule has 4 rings (SSSR count). The second kappa shape index (κ2) is 12.1. The number of rotatable bonds is 7. The fourth-order valence-electron chi connectivity index (χ4n) is 3.10. The van der Waals surface area contributed by atoms with Gasteiger partial charge in [0.1, 0.15) is 32.0 Å². The zero-order chi connectivity index (χ0) is 24.7. The molecule has 2 aromatic heterocycles. The Bertz CT molecular complexity index is 973. The molecule has 184 valence electrons. The number of ether oxygens (including phenoxy) is 3. The number of nitrogens with zero attached hydrogens (tertiary/aromatic N) is 3. The minimum absolute atomic E-state index is 0.111. The SMILES string of the molecule is C[Si](C)(C)CCOCN1C(=O)OC[C@H]1c1ccc(Br)cn1.O=C1N[C@H](c2ccc(Br)cn2)CO1. The lowest BCUT2D eigenvalue weighted by molar-refractivity contribution is 0.0443. The highest BCUT2D eigenvalue weighted by Crippen LogP contribution is 2.27. The van der Waals surface area contributed by atoms with Gasteiger partial charge in [-0.25, -0.2) is 9.59 Å². The molecule has 1 N–H and O–H groups in total. The Labute approximate surface area is 216 Å². The molecule has 0 aromatic carbocycles. The molecule has 0 unspecified atom stereocenters. The molecule has 0 bridgehead atoms. The van der Waals surface area contributed by atoms with Crippen molar-refractivity contribution in [3.05, 3.63) is 57.0 Å². The van der Waals surface area contributed by atoms with Gasteiger partial charge in [-0.2, -0.15) is 0 Å². The smallest absolute Gasteiger partial charge is 0.412 e. The van der Waals surface area contributed by atoms with E-state index in [4.69, 9.17) is 14.2 Å². The Hall–Kier alpha value is -2.02. The van der Waals surface area contributed by atoms with Crippen LogP contribution >= 0.6 is 31.9 Å². The monoisotopic (exact) mass is 614 g/mol. The average molecular weight is 616 g/mol. The first kappa shape index (κ1) is 26.6. The van der Waals surface area contributed by atoms with Gasteiger partial charge in [-0.05, 0) is 62.2 Å². The Morgan fingerprint density at radius 3 is 2.21 bits per heavy atom. The molecule has 2 aliphatic rings. The number of hydrogen-bond acceptors (Lipinski definition) is 7. The van der Waals surface area contributed by atoms with Gasteiger partial charge in [-0.15, -0.1) is 0 Å². The van der Waals surface area contributed by atoms with E-state index in [0.29, 0.717) is 19.8 Å². The van der Waals surface area contributed by atoms with Gasteiger partial charge in [0.05, 0.1) is 11.4 Å². The van der Waals surface area contributed by atoms with Gasteiger partial charge in [0, 0.05) is 36.0 Å². The van der Waals surface area contributed by atoms with Crippen molar-refractivity contribution in [3.8, 4) is 0 Å². The molecule has 2 aliphatic heterocycles. The molecule has 2 fully saturated rings. The number of nitrogens with one attached hydrogen (secondary N) is 1. The predicted octanol–water partition coefficient (Wildman–Crippen LogP) is 5.27. The van der Waals surface area contributed by atoms with Gasteiger partial charge in [0.25, 0.3) is 0 Å². The summed E-state index contributed by atoms with van der Waals surface area (Å²) >= 11 is 6.64. The third-order valence-corrected chi connectivity index (χ3v) is 7.72. The van der Waals surface area contributed by atoms with Crippen molar-refractivity contribution in [3.63, 3.8) is 0 Å². The van der Waals surface area contributed by atoms with Crippen molar-refractivity contribution in [1.82, 2.24) is 20.2 Å². The van der Waals surface area contributed by atoms with E-state index in [0.717, 1.165) is 26.4 Å². The number of halogens is 2. The van der Waals surface area contributed by atoms with Crippen LogP contribution in [0.5, 0.6) is 0 Å². The van der Waals surface area contributed by atoms with Crippen molar-refractivity contribution in [1.29, 1.82) is 0 Å². The number of aromatic nitrogens is 2. The lowest BCUT2D eigenvalue weighted by Gasteiger charge is -2.22. The lowest BCUT2D eigenvalue weighted by atomic mass is 10.2. The zero-order valence-electron chi connectivity index (χ0n) is 19.3. The highest BCUT2D eigenvalue weighted by Gasteiger charge is 2.35. The molecular formula is C22H28Br2N4O5Si. The molecule has 34 heavy (non-hydrogen) atoms. The summed E-state index contributed by atoms with van der Waals surface area (Å²) in [6.07, 6.45) is 2.70. The molecular weight excluding hydrogens is 588 g/mol. The summed E-state index contributed by atoms with van der Waals surface area (Å²) in [7, 11) is -1.12. The highest BCUT2D eigenvalue weighted by atomic mass is 79.9. The van der Waals surface area contributed by atoms with Crippen molar-refractivity contribution in [2.75, 3.05) is 26.6 Å². The number of carbonyl (C=O) groups excluding carboxylic acids is 2. The van der Waals surface area contributed by atoms with Crippen molar-refractivity contribution in [2.45, 2.75) is 37.8 Å². The summed E-state index contributed by atoms with van der Waals surface area (Å²) in [5.41, 5.74) is 1.63. The van der Waals surface area contributed by atoms with Gasteiger partial charge in [0.2, 0.25) is 0 Å². The van der Waals surface area contributed by atoms with E-state index >= 15 is 0 Å². The van der Waals surface area contributed by atoms with Crippen LogP contribution < -0.4 is 5.32 Å². The lowest BCUT2D eigenvalue weighted by Crippen LogP contribution is -2.31. The standard InChI is InChI=1S/C14H21BrN2O3Si.C8H7BrN2O2/c1-21(2,3)7-6-19-10-17-13(9-20-14(17)18)12-5-4-11(15)8-16-12;9-5-1-2-6(10-3-5)7-4-13-8(12)11-7/h4-5,8,13H,6-7,9-10H2,1-3H3;1-3,7H,4H2,(H,11,12)/t13-;7-/m00/s1. The average Bonchev–Trinajstić information content (AvgIpc) is 3.38. The highest BCUT2D eigenvalue weighted by molar-refractivity contribution is 9.10. The fourth-order valence-corrected chi connectivity index (χ4v) is 4.33. The van der Waals surface area contributed by atoms with Crippen LogP contribution in [0.25, 0.3) is 0 Å². The zero-order valence-corrected chi connectivity index (χ0v) is 23.5. The van der Waals surface area contributed by atoms with E-state index in [9.17, 15) is 9.59 Å². The fraction of sp³-hybridized carbons (Fsp3) is 0.455. The van der Waals surface area contributed by atoms with Gasteiger partial charge in [-0.1, -0.05) is 19.6 Å². The Balaban J connectivity index is 0.000000212. The molecule has 0 spiro atoms. The van der Waals surface area contributed by atoms with Gasteiger partial charge in [-0.3, -0.25) is 14.9 Å². The third-order valence-electron chi connectivity index (χ3n) is 5.07. The predicted molar refractivity (Wildman–Crippen MR) is 136 cm³/mol.